The molecule has 17 heavy (non-hydrogen) atoms. The Hall–Kier alpha value is -1.07. The number of carboxylic acids is 1. The molecule has 1 amide bonds. The van der Waals surface area contributed by atoms with Gasteiger partial charge in [-0.25, -0.2) is 4.79 Å². The third kappa shape index (κ3) is 2.45. The van der Waals surface area contributed by atoms with E-state index in [-0.39, 0.29) is 11.8 Å². The molecular formula is C11H12ClNO3S. The van der Waals surface area contributed by atoms with E-state index in [0.29, 0.717) is 9.21 Å². The number of halogens is 1. The van der Waals surface area contributed by atoms with Gasteiger partial charge in [0, 0.05) is 0 Å². The van der Waals surface area contributed by atoms with Crippen molar-refractivity contribution in [3.8, 4) is 0 Å². The Balaban J connectivity index is 2.14. The quantitative estimate of drug-likeness (QED) is 0.885. The van der Waals surface area contributed by atoms with Crippen LogP contribution in [0.4, 0.5) is 0 Å². The van der Waals surface area contributed by atoms with Crippen molar-refractivity contribution in [2.45, 2.75) is 25.3 Å². The first kappa shape index (κ1) is 12.4. The summed E-state index contributed by atoms with van der Waals surface area (Å²) in [6.45, 7) is 1.56. The Morgan fingerprint density at radius 2 is 2.18 bits per heavy atom. The van der Waals surface area contributed by atoms with E-state index >= 15 is 0 Å². The summed E-state index contributed by atoms with van der Waals surface area (Å²) < 4.78 is 0.513. The van der Waals surface area contributed by atoms with E-state index in [1.165, 1.54) is 0 Å². The molecule has 1 aromatic rings. The second kappa shape index (κ2) is 4.31. The predicted molar refractivity (Wildman–Crippen MR) is 65.6 cm³/mol. The van der Waals surface area contributed by atoms with Crippen molar-refractivity contribution in [1.29, 1.82) is 0 Å². The van der Waals surface area contributed by atoms with E-state index in [1.807, 2.05) is 0 Å². The van der Waals surface area contributed by atoms with Crippen LogP contribution in [-0.2, 0) is 4.79 Å². The van der Waals surface area contributed by atoms with Crippen molar-refractivity contribution in [3.63, 3.8) is 0 Å². The highest BCUT2D eigenvalue weighted by molar-refractivity contribution is 7.18. The van der Waals surface area contributed by atoms with Crippen molar-refractivity contribution in [2.75, 3.05) is 0 Å². The SMILES string of the molecule is C[C@@](NC(=O)c1ccc(Cl)s1)(C(=O)O)C1CC1. The van der Waals surface area contributed by atoms with Gasteiger partial charge in [0.25, 0.3) is 5.91 Å². The highest BCUT2D eigenvalue weighted by Crippen LogP contribution is 2.40. The largest absolute Gasteiger partial charge is 0.480 e. The van der Waals surface area contributed by atoms with Crippen LogP contribution in [0.1, 0.15) is 29.4 Å². The van der Waals surface area contributed by atoms with Crippen LogP contribution in [0.15, 0.2) is 12.1 Å². The number of amides is 1. The number of rotatable bonds is 4. The zero-order valence-electron chi connectivity index (χ0n) is 9.20. The van der Waals surface area contributed by atoms with E-state index in [1.54, 1.807) is 19.1 Å². The Bertz CT molecular complexity index is 469. The van der Waals surface area contributed by atoms with Crippen molar-refractivity contribution in [3.05, 3.63) is 21.3 Å². The summed E-state index contributed by atoms with van der Waals surface area (Å²) >= 11 is 6.88. The average molecular weight is 274 g/mol. The summed E-state index contributed by atoms with van der Waals surface area (Å²) in [7, 11) is 0. The lowest BCUT2D eigenvalue weighted by Crippen LogP contribution is -2.53. The van der Waals surface area contributed by atoms with Crippen molar-refractivity contribution < 1.29 is 14.7 Å². The molecule has 1 heterocycles. The number of nitrogens with one attached hydrogen (secondary N) is 1. The van der Waals surface area contributed by atoms with Gasteiger partial charge >= 0.3 is 5.97 Å². The van der Waals surface area contributed by atoms with Crippen LogP contribution < -0.4 is 5.32 Å². The third-order valence-corrected chi connectivity index (χ3v) is 4.24. The van der Waals surface area contributed by atoms with Crippen LogP contribution in [0, 0.1) is 5.92 Å². The normalized spacial score (nSPS) is 18.5. The summed E-state index contributed by atoms with van der Waals surface area (Å²) in [5.41, 5.74) is -1.17. The van der Waals surface area contributed by atoms with Crippen LogP contribution in [0.25, 0.3) is 0 Å². The molecule has 1 aliphatic carbocycles. The smallest absolute Gasteiger partial charge is 0.329 e. The van der Waals surface area contributed by atoms with Crippen molar-refractivity contribution >= 4 is 34.8 Å². The molecule has 0 saturated heterocycles. The Morgan fingerprint density at radius 1 is 1.53 bits per heavy atom. The van der Waals surface area contributed by atoms with Gasteiger partial charge in [0.05, 0.1) is 9.21 Å². The van der Waals surface area contributed by atoms with Gasteiger partial charge < -0.3 is 10.4 Å². The first-order valence-electron chi connectivity index (χ1n) is 5.24. The molecule has 2 N–H and O–H groups in total. The number of carbonyl (C=O) groups excluding carboxylic acids is 1. The van der Waals surface area contributed by atoms with Gasteiger partial charge in [0.15, 0.2) is 0 Å². The van der Waals surface area contributed by atoms with Gasteiger partial charge in [-0.2, -0.15) is 0 Å². The number of carbonyl (C=O) groups is 2. The summed E-state index contributed by atoms with van der Waals surface area (Å²) in [5.74, 6) is -1.34. The maximum atomic E-state index is 11.9. The zero-order chi connectivity index (χ0) is 12.6. The minimum atomic E-state index is -1.17. The summed E-state index contributed by atoms with van der Waals surface area (Å²) in [6.07, 6.45) is 1.68. The molecule has 0 aromatic carbocycles. The molecule has 1 atom stereocenters. The van der Waals surface area contributed by atoms with Crippen LogP contribution in [0.3, 0.4) is 0 Å². The van der Waals surface area contributed by atoms with Crippen LogP contribution in [-0.4, -0.2) is 22.5 Å². The molecule has 0 unspecified atom stereocenters. The number of hydrogen-bond donors (Lipinski definition) is 2. The molecule has 0 bridgehead atoms. The average Bonchev–Trinajstić information content (AvgIpc) is 3.01. The Kier molecular flexibility index (Phi) is 3.14. The van der Waals surface area contributed by atoms with Crippen molar-refractivity contribution in [2.24, 2.45) is 5.92 Å². The lowest BCUT2D eigenvalue weighted by Gasteiger charge is -2.25. The fraction of sp³-hybridized carbons (Fsp3) is 0.455. The molecule has 1 aromatic heterocycles. The molecule has 1 aliphatic rings. The fourth-order valence-electron chi connectivity index (χ4n) is 1.72. The van der Waals surface area contributed by atoms with Crippen LogP contribution >= 0.6 is 22.9 Å². The molecule has 0 aliphatic heterocycles. The lowest BCUT2D eigenvalue weighted by molar-refractivity contribution is -0.144. The highest BCUT2D eigenvalue weighted by atomic mass is 35.5. The third-order valence-electron chi connectivity index (χ3n) is 3.01. The molecule has 0 radical (unpaired) electrons. The minimum absolute atomic E-state index is 0.0272. The van der Waals surface area contributed by atoms with E-state index in [4.69, 9.17) is 11.6 Å². The number of carboxylic acid groups (broad SMARTS) is 1. The second-order valence-electron chi connectivity index (χ2n) is 4.34. The van der Waals surface area contributed by atoms with Gasteiger partial charge in [0.2, 0.25) is 0 Å². The standard InChI is InChI=1S/C11H12ClNO3S/c1-11(10(15)16,6-2-3-6)13-9(14)7-4-5-8(12)17-7/h4-6H,2-3H2,1H3,(H,13,14)(H,15,16)/t11-/m0/s1. The maximum absolute atomic E-state index is 11.9. The number of aliphatic carboxylic acids is 1. The molecular weight excluding hydrogens is 262 g/mol. The van der Waals surface area contributed by atoms with E-state index in [9.17, 15) is 14.7 Å². The second-order valence-corrected chi connectivity index (χ2v) is 6.05. The van der Waals surface area contributed by atoms with E-state index < -0.39 is 11.5 Å². The summed E-state index contributed by atoms with van der Waals surface area (Å²) in [5, 5.41) is 11.8. The Labute approximate surface area is 108 Å². The summed E-state index contributed by atoms with van der Waals surface area (Å²) in [4.78, 5) is 23.6. The number of hydrogen-bond acceptors (Lipinski definition) is 3. The summed E-state index contributed by atoms with van der Waals surface area (Å²) in [6, 6.07) is 3.22. The molecule has 2 rings (SSSR count). The van der Waals surface area contributed by atoms with Gasteiger partial charge in [-0.3, -0.25) is 4.79 Å². The van der Waals surface area contributed by atoms with E-state index in [0.717, 1.165) is 24.2 Å². The van der Waals surface area contributed by atoms with Gasteiger partial charge in [-0.1, -0.05) is 11.6 Å². The molecule has 1 saturated carbocycles. The molecule has 92 valence electrons. The molecule has 4 nitrogen and oxygen atoms in total. The monoisotopic (exact) mass is 273 g/mol. The fourth-order valence-corrected chi connectivity index (χ4v) is 2.66. The predicted octanol–water partition coefficient (Wildman–Crippen LogP) is 2.38. The molecule has 6 heteroatoms. The first-order valence-corrected chi connectivity index (χ1v) is 6.44. The van der Waals surface area contributed by atoms with Crippen LogP contribution in [0.5, 0.6) is 0 Å². The first-order chi connectivity index (χ1) is 7.93. The maximum Gasteiger partial charge on any atom is 0.329 e. The van der Waals surface area contributed by atoms with Gasteiger partial charge in [0.1, 0.15) is 5.54 Å². The van der Waals surface area contributed by atoms with E-state index in [2.05, 4.69) is 5.32 Å². The van der Waals surface area contributed by atoms with Gasteiger partial charge in [-0.05, 0) is 37.8 Å². The lowest BCUT2D eigenvalue weighted by atomic mass is 9.96. The topological polar surface area (TPSA) is 66.4 Å². The molecule has 0 spiro atoms. The van der Waals surface area contributed by atoms with Crippen molar-refractivity contribution in [1.82, 2.24) is 5.32 Å². The number of thiophene rings is 1. The van der Waals surface area contributed by atoms with Crippen LogP contribution in [0.2, 0.25) is 4.34 Å². The molecule has 1 fully saturated rings. The zero-order valence-corrected chi connectivity index (χ0v) is 10.8. The minimum Gasteiger partial charge on any atom is -0.480 e. The Morgan fingerprint density at radius 3 is 2.59 bits per heavy atom. The highest BCUT2D eigenvalue weighted by Gasteiger charge is 2.48. The van der Waals surface area contributed by atoms with Gasteiger partial charge in [-0.15, -0.1) is 11.3 Å².